The van der Waals surface area contributed by atoms with Gasteiger partial charge in [0.2, 0.25) is 0 Å². The second-order valence-electron chi connectivity index (χ2n) is 7.29. The standard InChI is InChI=1S/C17H37N3OS/c1-8-18-16(19-12-13-22(21)17(5,6)7)20-15(4)11-9-10-14(2)3/h14-15H,8-13H2,1-7H3,(H2,18,19,20). The van der Waals surface area contributed by atoms with Crippen LogP contribution < -0.4 is 10.6 Å². The van der Waals surface area contributed by atoms with Gasteiger partial charge in [-0.3, -0.25) is 9.20 Å². The van der Waals surface area contributed by atoms with E-state index in [0.717, 1.165) is 24.8 Å². The monoisotopic (exact) mass is 331 g/mol. The van der Waals surface area contributed by atoms with Crippen LogP contribution in [0, 0.1) is 5.92 Å². The van der Waals surface area contributed by atoms with Crippen LogP contribution in [0.15, 0.2) is 4.99 Å². The van der Waals surface area contributed by atoms with Crippen molar-refractivity contribution < 1.29 is 4.21 Å². The molecular formula is C17H37N3OS. The highest BCUT2D eigenvalue weighted by atomic mass is 32.2. The number of nitrogens with zero attached hydrogens (tertiary/aromatic N) is 1. The lowest BCUT2D eigenvalue weighted by atomic mass is 10.0. The fourth-order valence-corrected chi connectivity index (χ4v) is 2.87. The first-order valence-electron chi connectivity index (χ1n) is 8.60. The summed E-state index contributed by atoms with van der Waals surface area (Å²) in [5.74, 6) is 2.22. The first-order valence-corrected chi connectivity index (χ1v) is 9.92. The lowest BCUT2D eigenvalue weighted by Crippen LogP contribution is -2.42. The lowest BCUT2D eigenvalue weighted by Gasteiger charge is -2.19. The van der Waals surface area contributed by atoms with Crippen LogP contribution in [-0.2, 0) is 10.8 Å². The Morgan fingerprint density at radius 2 is 1.82 bits per heavy atom. The van der Waals surface area contributed by atoms with Gasteiger partial charge in [-0.2, -0.15) is 0 Å². The van der Waals surface area contributed by atoms with Gasteiger partial charge in [0.1, 0.15) is 0 Å². The fraction of sp³-hybridized carbons (Fsp3) is 0.941. The van der Waals surface area contributed by atoms with Crippen molar-refractivity contribution in [2.75, 3.05) is 18.8 Å². The van der Waals surface area contributed by atoms with Gasteiger partial charge in [0.05, 0.1) is 6.54 Å². The summed E-state index contributed by atoms with van der Waals surface area (Å²) < 4.78 is 11.9. The summed E-state index contributed by atoms with van der Waals surface area (Å²) in [5.41, 5.74) is 0. The molecular weight excluding hydrogens is 294 g/mol. The Kier molecular flexibility index (Phi) is 10.7. The second-order valence-corrected chi connectivity index (χ2v) is 9.62. The predicted octanol–water partition coefficient (Wildman–Crippen LogP) is 3.30. The van der Waals surface area contributed by atoms with Crippen molar-refractivity contribution in [3.05, 3.63) is 0 Å². The first-order chi connectivity index (χ1) is 10.2. The van der Waals surface area contributed by atoms with Gasteiger partial charge >= 0.3 is 0 Å². The zero-order chi connectivity index (χ0) is 17.2. The Morgan fingerprint density at radius 1 is 1.18 bits per heavy atom. The molecule has 5 heteroatoms. The topological polar surface area (TPSA) is 53.5 Å². The van der Waals surface area contributed by atoms with Crippen LogP contribution in [-0.4, -0.2) is 39.8 Å². The molecule has 0 aromatic rings. The van der Waals surface area contributed by atoms with Gasteiger partial charge in [-0.25, -0.2) is 0 Å². The highest BCUT2D eigenvalue weighted by Gasteiger charge is 2.18. The quantitative estimate of drug-likeness (QED) is 0.503. The maximum absolute atomic E-state index is 12.0. The van der Waals surface area contributed by atoms with Gasteiger partial charge < -0.3 is 10.6 Å². The molecule has 0 rings (SSSR count). The van der Waals surface area contributed by atoms with Crippen molar-refractivity contribution in [3.63, 3.8) is 0 Å². The van der Waals surface area contributed by atoms with Crippen LogP contribution >= 0.6 is 0 Å². The average molecular weight is 332 g/mol. The zero-order valence-electron chi connectivity index (χ0n) is 15.7. The molecule has 0 aliphatic carbocycles. The Hall–Kier alpha value is -0.580. The number of rotatable bonds is 9. The molecule has 0 heterocycles. The van der Waals surface area contributed by atoms with Crippen molar-refractivity contribution >= 4 is 16.8 Å². The van der Waals surface area contributed by atoms with E-state index in [1.807, 2.05) is 20.8 Å². The Bertz CT molecular complexity index is 348. The van der Waals surface area contributed by atoms with E-state index >= 15 is 0 Å². The highest BCUT2D eigenvalue weighted by molar-refractivity contribution is 7.86. The largest absolute Gasteiger partial charge is 0.357 e. The highest BCUT2D eigenvalue weighted by Crippen LogP contribution is 2.11. The molecule has 0 radical (unpaired) electrons. The maximum atomic E-state index is 12.0. The number of guanidine groups is 1. The predicted molar refractivity (Wildman–Crippen MR) is 100 cm³/mol. The molecule has 0 bridgehead atoms. The molecule has 0 amide bonds. The third-order valence-electron chi connectivity index (χ3n) is 3.38. The van der Waals surface area contributed by atoms with Gasteiger partial charge in [0, 0.05) is 33.9 Å². The SMILES string of the molecule is CCNC(=NCCS(=O)C(C)(C)C)NC(C)CCCC(C)C. The fourth-order valence-electron chi connectivity index (χ4n) is 2.00. The summed E-state index contributed by atoms with van der Waals surface area (Å²) in [5, 5.41) is 6.71. The smallest absolute Gasteiger partial charge is 0.191 e. The third kappa shape index (κ3) is 11.0. The van der Waals surface area contributed by atoms with Crippen molar-refractivity contribution in [1.29, 1.82) is 0 Å². The summed E-state index contributed by atoms with van der Waals surface area (Å²) in [4.78, 5) is 4.55. The minimum Gasteiger partial charge on any atom is -0.357 e. The minimum absolute atomic E-state index is 0.161. The molecule has 0 aliphatic heterocycles. The molecule has 0 fully saturated rings. The summed E-state index contributed by atoms with van der Waals surface area (Å²) >= 11 is 0. The minimum atomic E-state index is -0.843. The summed E-state index contributed by atoms with van der Waals surface area (Å²) in [6.07, 6.45) is 3.65. The van der Waals surface area contributed by atoms with E-state index in [0.29, 0.717) is 18.3 Å². The van der Waals surface area contributed by atoms with Crippen LogP contribution in [0.4, 0.5) is 0 Å². The molecule has 2 unspecified atom stereocenters. The van der Waals surface area contributed by atoms with E-state index in [1.165, 1.54) is 12.8 Å². The Balaban J connectivity index is 4.28. The van der Waals surface area contributed by atoms with E-state index < -0.39 is 10.8 Å². The molecule has 0 aliphatic rings. The van der Waals surface area contributed by atoms with Crippen molar-refractivity contribution in [2.24, 2.45) is 10.9 Å². The molecule has 0 spiro atoms. The number of hydrogen-bond donors (Lipinski definition) is 2. The summed E-state index contributed by atoms with van der Waals surface area (Å²) in [7, 11) is -0.843. The molecule has 0 aromatic carbocycles. The van der Waals surface area contributed by atoms with Crippen molar-refractivity contribution in [3.8, 4) is 0 Å². The molecule has 2 N–H and O–H groups in total. The molecule has 0 saturated carbocycles. The lowest BCUT2D eigenvalue weighted by molar-refractivity contribution is 0.491. The second kappa shape index (κ2) is 11.0. The van der Waals surface area contributed by atoms with E-state index in [-0.39, 0.29) is 4.75 Å². The molecule has 0 aromatic heterocycles. The van der Waals surface area contributed by atoms with Crippen molar-refractivity contribution in [1.82, 2.24) is 10.6 Å². The van der Waals surface area contributed by atoms with Gasteiger partial charge in [-0.15, -0.1) is 0 Å². The van der Waals surface area contributed by atoms with E-state index in [9.17, 15) is 4.21 Å². The van der Waals surface area contributed by atoms with Crippen molar-refractivity contribution in [2.45, 2.75) is 78.5 Å². The normalized spacial score (nSPS) is 15.7. The van der Waals surface area contributed by atoms with Crippen LogP contribution in [0.1, 0.15) is 67.7 Å². The Labute approximate surface area is 140 Å². The van der Waals surface area contributed by atoms with E-state index in [1.54, 1.807) is 0 Å². The van der Waals surface area contributed by atoms with Crippen LogP contribution in [0.3, 0.4) is 0 Å². The van der Waals surface area contributed by atoms with Crippen LogP contribution in [0.25, 0.3) is 0 Å². The van der Waals surface area contributed by atoms with Crippen LogP contribution in [0.2, 0.25) is 0 Å². The van der Waals surface area contributed by atoms with E-state index in [2.05, 4.69) is 43.3 Å². The third-order valence-corrected chi connectivity index (χ3v) is 5.29. The van der Waals surface area contributed by atoms with Gasteiger partial charge in [-0.05, 0) is 47.0 Å². The molecule has 4 nitrogen and oxygen atoms in total. The maximum Gasteiger partial charge on any atom is 0.191 e. The average Bonchev–Trinajstić information content (AvgIpc) is 2.37. The number of hydrogen-bond acceptors (Lipinski definition) is 2. The van der Waals surface area contributed by atoms with E-state index in [4.69, 9.17) is 0 Å². The zero-order valence-corrected chi connectivity index (χ0v) is 16.5. The van der Waals surface area contributed by atoms with Gasteiger partial charge in [0.25, 0.3) is 0 Å². The first kappa shape index (κ1) is 21.4. The molecule has 2 atom stereocenters. The molecule has 132 valence electrons. The molecule has 0 saturated heterocycles. The summed E-state index contributed by atoms with van der Waals surface area (Å²) in [6.45, 7) is 16.2. The Morgan fingerprint density at radius 3 is 2.32 bits per heavy atom. The number of nitrogens with one attached hydrogen (secondary N) is 2. The number of aliphatic imine (C=N–C) groups is 1. The molecule has 22 heavy (non-hydrogen) atoms. The summed E-state index contributed by atoms with van der Waals surface area (Å²) in [6, 6.07) is 0.407. The van der Waals surface area contributed by atoms with Crippen LogP contribution in [0.5, 0.6) is 0 Å². The van der Waals surface area contributed by atoms with Gasteiger partial charge in [0.15, 0.2) is 5.96 Å². The van der Waals surface area contributed by atoms with Gasteiger partial charge in [-0.1, -0.05) is 26.7 Å².